The summed E-state index contributed by atoms with van der Waals surface area (Å²) >= 11 is 5.90. The number of alkyl halides is 1. The molecule has 0 aromatic carbocycles. The zero-order chi connectivity index (χ0) is 12.5. The van der Waals surface area contributed by atoms with Crippen LogP contribution in [0.4, 0.5) is 0 Å². The van der Waals surface area contributed by atoms with Gasteiger partial charge in [-0.15, -0.1) is 11.6 Å². The van der Waals surface area contributed by atoms with E-state index in [4.69, 9.17) is 16.1 Å². The Morgan fingerprint density at radius 1 is 1.39 bits per heavy atom. The molecule has 0 bridgehead atoms. The van der Waals surface area contributed by atoms with Gasteiger partial charge in [-0.25, -0.2) is 9.97 Å². The third-order valence-electron chi connectivity index (χ3n) is 2.57. The van der Waals surface area contributed by atoms with Crippen molar-refractivity contribution in [3.8, 4) is 0 Å². The van der Waals surface area contributed by atoms with Gasteiger partial charge in [-0.2, -0.15) is 4.98 Å². The number of imidazole rings is 1. The Bertz CT molecular complexity index is 690. The van der Waals surface area contributed by atoms with Gasteiger partial charge in [-0.1, -0.05) is 5.16 Å². The zero-order valence-electron chi connectivity index (χ0n) is 9.67. The number of nitrogens with zero attached hydrogens (tertiary/aromatic N) is 5. The molecule has 0 unspecified atom stereocenters. The lowest BCUT2D eigenvalue weighted by Crippen LogP contribution is -2.05. The second kappa shape index (κ2) is 4.38. The Morgan fingerprint density at radius 2 is 2.28 bits per heavy atom. The van der Waals surface area contributed by atoms with Crippen LogP contribution in [0.25, 0.3) is 11.2 Å². The van der Waals surface area contributed by atoms with Crippen LogP contribution in [0.5, 0.6) is 0 Å². The highest BCUT2D eigenvalue weighted by Gasteiger charge is 2.13. The standard InChI is InChI=1S/C11H10ClN5O/c1-7-14-10(18-16-7)6-17-9(5-12)15-8-3-2-4-13-11(8)17/h2-4H,5-6H2,1H3. The fraction of sp³-hybridized carbons (Fsp3) is 0.273. The van der Waals surface area contributed by atoms with Crippen LogP contribution in [0, 0.1) is 6.92 Å². The summed E-state index contributed by atoms with van der Waals surface area (Å²) in [6.07, 6.45) is 1.72. The fourth-order valence-electron chi connectivity index (χ4n) is 1.81. The fourth-order valence-corrected chi connectivity index (χ4v) is 2.02. The monoisotopic (exact) mass is 263 g/mol. The molecule has 6 nitrogen and oxygen atoms in total. The van der Waals surface area contributed by atoms with Crippen LogP contribution >= 0.6 is 11.6 Å². The lowest BCUT2D eigenvalue weighted by Gasteiger charge is -2.02. The minimum atomic E-state index is 0.309. The van der Waals surface area contributed by atoms with Gasteiger partial charge in [-0.3, -0.25) is 0 Å². The summed E-state index contributed by atoms with van der Waals surface area (Å²) in [5.74, 6) is 2.17. The smallest absolute Gasteiger partial charge is 0.246 e. The molecule has 92 valence electrons. The Kier molecular flexibility index (Phi) is 2.71. The van der Waals surface area contributed by atoms with Crippen LogP contribution in [0.1, 0.15) is 17.5 Å². The van der Waals surface area contributed by atoms with Crippen molar-refractivity contribution in [1.82, 2.24) is 24.7 Å². The van der Waals surface area contributed by atoms with Crippen molar-refractivity contribution in [2.45, 2.75) is 19.3 Å². The minimum Gasteiger partial charge on any atom is -0.337 e. The van der Waals surface area contributed by atoms with Gasteiger partial charge in [0.1, 0.15) is 17.9 Å². The van der Waals surface area contributed by atoms with E-state index in [-0.39, 0.29) is 0 Å². The summed E-state index contributed by atoms with van der Waals surface area (Å²) < 4.78 is 6.99. The molecule has 0 radical (unpaired) electrons. The van der Waals surface area contributed by atoms with Crippen molar-refractivity contribution in [2.24, 2.45) is 0 Å². The second-order valence-electron chi connectivity index (χ2n) is 3.83. The highest BCUT2D eigenvalue weighted by atomic mass is 35.5. The predicted molar refractivity (Wildman–Crippen MR) is 65.2 cm³/mol. The summed E-state index contributed by atoms with van der Waals surface area (Å²) in [6.45, 7) is 2.20. The van der Waals surface area contributed by atoms with Crippen LogP contribution in [0.2, 0.25) is 0 Å². The first-order chi connectivity index (χ1) is 8.78. The highest BCUT2D eigenvalue weighted by molar-refractivity contribution is 6.16. The van der Waals surface area contributed by atoms with Crippen LogP contribution in [-0.4, -0.2) is 24.7 Å². The quantitative estimate of drug-likeness (QED) is 0.675. The molecule has 7 heteroatoms. The number of hydrogen-bond donors (Lipinski definition) is 0. The van der Waals surface area contributed by atoms with Gasteiger partial charge < -0.3 is 9.09 Å². The summed E-state index contributed by atoms with van der Waals surface area (Å²) in [7, 11) is 0. The van der Waals surface area contributed by atoms with Gasteiger partial charge in [0, 0.05) is 6.20 Å². The first-order valence-electron chi connectivity index (χ1n) is 5.43. The maximum Gasteiger partial charge on any atom is 0.246 e. The molecule has 18 heavy (non-hydrogen) atoms. The third kappa shape index (κ3) is 1.84. The van der Waals surface area contributed by atoms with Crippen LogP contribution in [-0.2, 0) is 12.4 Å². The van der Waals surface area contributed by atoms with E-state index in [0.717, 1.165) is 17.0 Å². The van der Waals surface area contributed by atoms with Crippen molar-refractivity contribution in [2.75, 3.05) is 0 Å². The Hall–Kier alpha value is -1.95. The number of pyridine rings is 1. The summed E-state index contributed by atoms with van der Waals surface area (Å²) in [4.78, 5) is 12.9. The van der Waals surface area contributed by atoms with Gasteiger partial charge in [0.05, 0.1) is 5.88 Å². The van der Waals surface area contributed by atoms with Gasteiger partial charge in [-0.05, 0) is 19.1 Å². The summed E-state index contributed by atoms with van der Waals surface area (Å²) in [6, 6.07) is 3.74. The van der Waals surface area contributed by atoms with E-state index < -0.39 is 0 Å². The molecule has 0 fully saturated rings. The van der Waals surface area contributed by atoms with Crippen molar-refractivity contribution in [1.29, 1.82) is 0 Å². The molecule has 0 aliphatic carbocycles. The predicted octanol–water partition coefficient (Wildman–Crippen LogP) is 1.91. The molecule has 0 atom stereocenters. The van der Waals surface area contributed by atoms with Gasteiger partial charge in [0.2, 0.25) is 5.89 Å². The van der Waals surface area contributed by atoms with Crippen molar-refractivity contribution < 1.29 is 4.52 Å². The Balaban J connectivity index is 2.09. The molecule has 0 saturated heterocycles. The summed E-state index contributed by atoms with van der Waals surface area (Å²) in [5, 5.41) is 3.76. The Labute approximate surface area is 108 Å². The molecular weight excluding hydrogens is 254 g/mol. The number of halogens is 1. The first-order valence-corrected chi connectivity index (χ1v) is 5.96. The topological polar surface area (TPSA) is 69.6 Å². The van der Waals surface area contributed by atoms with Crippen LogP contribution in [0.15, 0.2) is 22.9 Å². The molecule has 0 aliphatic rings. The molecule has 3 aromatic heterocycles. The zero-order valence-corrected chi connectivity index (χ0v) is 10.4. The van der Waals surface area contributed by atoms with E-state index in [1.165, 1.54) is 0 Å². The lowest BCUT2D eigenvalue weighted by atomic mass is 10.4. The molecule has 0 amide bonds. The summed E-state index contributed by atoms with van der Waals surface area (Å²) in [5.41, 5.74) is 1.58. The maximum atomic E-state index is 5.90. The van der Waals surface area contributed by atoms with Crippen molar-refractivity contribution in [3.63, 3.8) is 0 Å². The first kappa shape index (κ1) is 11.2. The van der Waals surface area contributed by atoms with E-state index in [1.807, 2.05) is 16.7 Å². The molecule has 3 aromatic rings. The molecule has 3 heterocycles. The molecule has 3 rings (SSSR count). The Morgan fingerprint density at radius 3 is 3.00 bits per heavy atom. The molecule has 0 saturated carbocycles. The van der Waals surface area contributed by atoms with Crippen molar-refractivity contribution >= 4 is 22.8 Å². The highest BCUT2D eigenvalue weighted by Crippen LogP contribution is 2.16. The molecule has 0 aliphatic heterocycles. The molecule has 0 spiro atoms. The molecular formula is C11H10ClN5O. The van der Waals surface area contributed by atoms with Crippen LogP contribution < -0.4 is 0 Å². The minimum absolute atomic E-state index is 0.309. The average molecular weight is 264 g/mol. The lowest BCUT2D eigenvalue weighted by molar-refractivity contribution is 0.367. The number of aromatic nitrogens is 5. The number of rotatable bonds is 3. The van der Waals surface area contributed by atoms with E-state index in [9.17, 15) is 0 Å². The number of hydrogen-bond acceptors (Lipinski definition) is 5. The van der Waals surface area contributed by atoms with Gasteiger partial charge in [0.25, 0.3) is 0 Å². The van der Waals surface area contributed by atoms with E-state index in [2.05, 4.69) is 20.1 Å². The second-order valence-corrected chi connectivity index (χ2v) is 4.10. The van der Waals surface area contributed by atoms with E-state index in [1.54, 1.807) is 13.1 Å². The maximum absolute atomic E-state index is 5.90. The van der Waals surface area contributed by atoms with Crippen molar-refractivity contribution in [3.05, 3.63) is 35.9 Å². The molecule has 0 N–H and O–H groups in total. The normalized spacial score (nSPS) is 11.2. The number of fused-ring (bicyclic) bond motifs is 1. The van der Waals surface area contributed by atoms with Gasteiger partial charge >= 0.3 is 0 Å². The van der Waals surface area contributed by atoms with Gasteiger partial charge in [0.15, 0.2) is 11.5 Å². The largest absolute Gasteiger partial charge is 0.337 e. The third-order valence-corrected chi connectivity index (χ3v) is 2.80. The SMILES string of the molecule is Cc1noc(Cn2c(CCl)nc3cccnc32)n1. The van der Waals surface area contributed by atoms with E-state index in [0.29, 0.717) is 24.1 Å². The van der Waals surface area contributed by atoms with Crippen LogP contribution in [0.3, 0.4) is 0 Å². The van der Waals surface area contributed by atoms with E-state index >= 15 is 0 Å². The average Bonchev–Trinajstić information content (AvgIpc) is 2.94. The number of aryl methyl sites for hydroxylation is 1.